The van der Waals surface area contributed by atoms with Crippen LogP contribution in [0.4, 0.5) is 0 Å². The van der Waals surface area contributed by atoms with E-state index < -0.39 is 0 Å². The summed E-state index contributed by atoms with van der Waals surface area (Å²) in [7, 11) is 0. The van der Waals surface area contributed by atoms with E-state index in [1.165, 1.54) is 6.20 Å². The molecule has 0 saturated carbocycles. The summed E-state index contributed by atoms with van der Waals surface area (Å²) in [5, 5.41) is 13.6. The van der Waals surface area contributed by atoms with E-state index in [0.717, 1.165) is 21.3 Å². The summed E-state index contributed by atoms with van der Waals surface area (Å²) >= 11 is 0. The first-order chi connectivity index (χ1) is 7.25. The molecular formula is C12H9NO2. The van der Waals surface area contributed by atoms with Crippen molar-refractivity contribution >= 4 is 21.9 Å². The Labute approximate surface area is 86.1 Å². The first-order valence-corrected chi connectivity index (χ1v) is 4.77. The summed E-state index contributed by atoms with van der Waals surface area (Å²) in [5.41, 5.74) is 1.31. The lowest BCUT2D eigenvalue weighted by Crippen LogP contribution is -2.25. The maximum atomic E-state index is 11.7. The second-order valence-electron chi connectivity index (χ2n) is 3.61. The molecule has 0 aliphatic rings. The molecule has 0 atom stereocenters. The summed E-state index contributed by atoms with van der Waals surface area (Å²) in [6.07, 6.45) is 1.48. The molecule has 15 heavy (non-hydrogen) atoms. The molecule has 0 amide bonds. The molecule has 2 aromatic heterocycles. The summed E-state index contributed by atoms with van der Waals surface area (Å²) in [6.45, 7) is 1.88. The zero-order valence-electron chi connectivity index (χ0n) is 8.23. The van der Waals surface area contributed by atoms with E-state index in [1.54, 1.807) is 0 Å². The van der Waals surface area contributed by atoms with Crippen LogP contribution in [0.15, 0.2) is 40.9 Å². The van der Waals surface area contributed by atoms with Crippen LogP contribution in [0, 0.1) is 12.1 Å². The van der Waals surface area contributed by atoms with Gasteiger partial charge in [-0.05, 0) is 19.1 Å². The number of benzene rings is 1. The van der Waals surface area contributed by atoms with Crippen molar-refractivity contribution in [2.45, 2.75) is 6.92 Å². The minimum Gasteiger partial charge on any atom is -0.618 e. The third-order valence-electron chi connectivity index (χ3n) is 2.55. The fourth-order valence-electron chi connectivity index (χ4n) is 1.91. The number of nitrogens with zero attached hydrogens (tertiary/aromatic N) is 1. The summed E-state index contributed by atoms with van der Waals surface area (Å²) < 4.78 is 6.28. The summed E-state index contributed by atoms with van der Waals surface area (Å²) in [6, 6.07) is 9.47. The highest BCUT2D eigenvalue weighted by Crippen LogP contribution is 2.24. The minimum atomic E-state index is 0.640. The standard InChI is InChI=1S/C12H9NO2/c1-8-6-10-9-4-2-3-5-11(9)13(14)7-12(10)15-8/h2-7H,1H3. The Kier molecular flexibility index (Phi) is 1.51. The summed E-state index contributed by atoms with van der Waals surface area (Å²) in [5.74, 6) is 0.821. The average Bonchev–Trinajstić information content (AvgIpc) is 2.59. The van der Waals surface area contributed by atoms with Gasteiger partial charge in [0.05, 0.1) is 5.39 Å². The van der Waals surface area contributed by atoms with Gasteiger partial charge in [0.15, 0.2) is 5.58 Å². The molecule has 0 spiro atoms. The number of pyridine rings is 1. The van der Waals surface area contributed by atoms with Gasteiger partial charge in [-0.1, -0.05) is 12.1 Å². The van der Waals surface area contributed by atoms with Gasteiger partial charge < -0.3 is 9.62 Å². The van der Waals surface area contributed by atoms with Gasteiger partial charge in [-0.3, -0.25) is 0 Å². The molecule has 3 heteroatoms. The molecule has 3 nitrogen and oxygen atoms in total. The van der Waals surface area contributed by atoms with E-state index in [4.69, 9.17) is 4.42 Å². The highest BCUT2D eigenvalue weighted by atomic mass is 16.5. The van der Waals surface area contributed by atoms with Crippen molar-refractivity contribution in [1.82, 2.24) is 0 Å². The fourth-order valence-corrected chi connectivity index (χ4v) is 1.91. The number of rotatable bonds is 0. The van der Waals surface area contributed by atoms with Gasteiger partial charge in [0, 0.05) is 11.5 Å². The van der Waals surface area contributed by atoms with Crippen LogP contribution in [0.2, 0.25) is 0 Å². The van der Waals surface area contributed by atoms with E-state index in [2.05, 4.69) is 0 Å². The molecule has 0 fully saturated rings. The van der Waals surface area contributed by atoms with Crippen molar-refractivity contribution in [3.8, 4) is 0 Å². The first-order valence-electron chi connectivity index (χ1n) is 4.77. The zero-order valence-corrected chi connectivity index (χ0v) is 8.23. The van der Waals surface area contributed by atoms with Crippen molar-refractivity contribution in [2.24, 2.45) is 0 Å². The number of hydrogen-bond donors (Lipinski definition) is 0. The molecule has 74 valence electrons. The van der Waals surface area contributed by atoms with Crippen molar-refractivity contribution in [1.29, 1.82) is 0 Å². The average molecular weight is 199 g/mol. The lowest BCUT2D eigenvalue weighted by atomic mass is 10.1. The van der Waals surface area contributed by atoms with Gasteiger partial charge in [-0.25, -0.2) is 0 Å². The predicted octanol–water partition coefficient (Wildman–Crippen LogP) is 2.53. The third kappa shape index (κ3) is 1.09. The Morgan fingerprint density at radius 2 is 2.00 bits per heavy atom. The van der Waals surface area contributed by atoms with Gasteiger partial charge in [0.2, 0.25) is 11.7 Å². The van der Waals surface area contributed by atoms with Crippen LogP contribution in [-0.2, 0) is 0 Å². The molecule has 0 unspecified atom stereocenters. The van der Waals surface area contributed by atoms with E-state index in [-0.39, 0.29) is 0 Å². The molecule has 0 aliphatic heterocycles. The molecule has 0 bridgehead atoms. The Morgan fingerprint density at radius 1 is 1.20 bits per heavy atom. The summed E-state index contributed by atoms with van der Waals surface area (Å²) in [4.78, 5) is 0. The molecule has 0 aliphatic carbocycles. The molecule has 3 aromatic rings. The van der Waals surface area contributed by atoms with Gasteiger partial charge in [0.25, 0.3) is 0 Å². The number of aromatic nitrogens is 1. The van der Waals surface area contributed by atoms with E-state index >= 15 is 0 Å². The van der Waals surface area contributed by atoms with Crippen LogP contribution >= 0.6 is 0 Å². The minimum absolute atomic E-state index is 0.640. The number of hydrogen-bond acceptors (Lipinski definition) is 2. The van der Waals surface area contributed by atoms with Crippen LogP contribution in [0.5, 0.6) is 0 Å². The lowest BCUT2D eigenvalue weighted by Gasteiger charge is -2.00. The Morgan fingerprint density at radius 3 is 2.87 bits per heavy atom. The molecule has 3 rings (SSSR count). The maximum absolute atomic E-state index is 11.7. The van der Waals surface area contributed by atoms with Crippen molar-refractivity contribution in [3.63, 3.8) is 0 Å². The van der Waals surface area contributed by atoms with Crippen LogP contribution in [-0.4, -0.2) is 0 Å². The highest BCUT2D eigenvalue weighted by Gasteiger charge is 2.11. The molecule has 0 N–H and O–H groups in total. The normalized spacial score (nSPS) is 11.3. The van der Waals surface area contributed by atoms with Gasteiger partial charge >= 0.3 is 0 Å². The van der Waals surface area contributed by atoms with Crippen LogP contribution < -0.4 is 4.73 Å². The quantitative estimate of drug-likeness (QED) is 0.412. The maximum Gasteiger partial charge on any atom is 0.224 e. The highest BCUT2D eigenvalue weighted by molar-refractivity contribution is 6.02. The smallest absolute Gasteiger partial charge is 0.224 e. The topological polar surface area (TPSA) is 40.1 Å². The van der Waals surface area contributed by atoms with Gasteiger partial charge in [-0.15, -0.1) is 0 Å². The Bertz CT molecular complexity index is 655. The van der Waals surface area contributed by atoms with Crippen LogP contribution in [0.1, 0.15) is 5.76 Å². The van der Waals surface area contributed by atoms with Crippen molar-refractivity contribution in [3.05, 3.63) is 47.5 Å². The number of fused-ring (bicyclic) bond motifs is 3. The second kappa shape index (κ2) is 2.73. The van der Waals surface area contributed by atoms with E-state index in [1.807, 2.05) is 37.3 Å². The Balaban J connectivity index is 2.62. The van der Waals surface area contributed by atoms with E-state index in [9.17, 15) is 5.21 Å². The van der Waals surface area contributed by atoms with Gasteiger partial charge in [0.1, 0.15) is 5.76 Å². The number of para-hydroxylation sites is 1. The lowest BCUT2D eigenvalue weighted by molar-refractivity contribution is -0.575. The molecule has 1 aromatic carbocycles. The number of furan rings is 1. The largest absolute Gasteiger partial charge is 0.618 e. The predicted molar refractivity (Wildman–Crippen MR) is 57.4 cm³/mol. The molecule has 2 heterocycles. The first kappa shape index (κ1) is 8.29. The van der Waals surface area contributed by atoms with Crippen molar-refractivity contribution < 1.29 is 9.15 Å². The number of aryl methyl sites for hydroxylation is 1. The van der Waals surface area contributed by atoms with Crippen LogP contribution in [0.3, 0.4) is 0 Å². The third-order valence-corrected chi connectivity index (χ3v) is 2.55. The van der Waals surface area contributed by atoms with Gasteiger partial charge in [-0.2, -0.15) is 4.73 Å². The monoisotopic (exact) mass is 199 g/mol. The molecule has 0 radical (unpaired) electrons. The van der Waals surface area contributed by atoms with Crippen molar-refractivity contribution in [2.75, 3.05) is 0 Å². The van der Waals surface area contributed by atoms with E-state index in [0.29, 0.717) is 11.1 Å². The second-order valence-corrected chi connectivity index (χ2v) is 3.61. The SMILES string of the molecule is Cc1cc2c(c[n+]([O-])c3ccccc23)o1. The van der Waals surface area contributed by atoms with Crippen LogP contribution in [0.25, 0.3) is 21.9 Å². The Hall–Kier alpha value is -2.03. The molecule has 0 saturated heterocycles. The zero-order chi connectivity index (χ0) is 10.4. The molecular weight excluding hydrogens is 190 g/mol. The fraction of sp³-hybridized carbons (Fsp3) is 0.0833.